The van der Waals surface area contributed by atoms with E-state index in [-0.39, 0.29) is 12.4 Å². The Hall–Kier alpha value is -1.03. The molecule has 1 aromatic rings. The average molecular weight is 283 g/mol. The largest absolute Gasteiger partial charge is 0.490 e. The number of nitrogens with one attached hydrogen (secondary N) is 1. The van der Waals surface area contributed by atoms with Gasteiger partial charge in [0, 0.05) is 32.2 Å². The molecular weight excluding hydrogens is 260 g/mol. The van der Waals surface area contributed by atoms with Gasteiger partial charge < -0.3 is 10.1 Å². The molecular formula is C15H23ClN2O. The molecule has 106 valence electrons. The molecule has 1 aromatic carbocycles. The molecule has 1 N–H and O–H groups in total. The Labute approximate surface area is 122 Å². The van der Waals surface area contributed by atoms with Crippen LogP contribution in [0.25, 0.3) is 0 Å². The highest BCUT2D eigenvalue weighted by atomic mass is 35.5. The van der Waals surface area contributed by atoms with Gasteiger partial charge in [-0.3, -0.25) is 4.90 Å². The predicted octanol–water partition coefficient (Wildman–Crippen LogP) is 2.47. The third kappa shape index (κ3) is 5.23. The van der Waals surface area contributed by atoms with E-state index in [0.717, 1.165) is 31.9 Å². The number of hydrogen-bond donors (Lipinski definition) is 1. The average Bonchev–Trinajstić information content (AvgIpc) is 2.38. The van der Waals surface area contributed by atoms with Crippen molar-refractivity contribution < 1.29 is 4.74 Å². The molecule has 1 atom stereocenters. The van der Waals surface area contributed by atoms with Crippen molar-refractivity contribution in [2.75, 3.05) is 26.2 Å². The molecule has 1 aliphatic rings. The number of rotatable bonds is 5. The molecule has 1 aliphatic heterocycles. The summed E-state index contributed by atoms with van der Waals surface area (Å²) in [5, 5.41) is 3.46. The Balaban J connectivity index is 0.00000180. The topological polar surface area (TPSA) is 24.5 Å². The molecule has 19 heavy (non-hydrogen) atoms. The summed E-state index contributed by atoms with van der Waals surface area (Å²) in [6, 6.07) is 8.94. The second-order valence-corrected chi connectivity index (χ2v) is 4.83. The minimum Gasteiger partial charge on any atom is -0.490 e. The maximum atomic E-state index is 5.48. The quantitative estimate of drug-likeness (QED) is 0.840. The molecule has 0 aliphatic carbocycles. The van der Waals surface area contributed by atoms with Crippen LogP contribution in [-0.4, -0.2) is 37.2 Å². The van der Waals surface area contributed by atoms with E-state index in [1.807, 2.05) is 12.1 Å². The van der Waals surface area contributed by atoms with E-state index in [9.17, 15) is 0 Å². The van der Waals surface area contributed by atoms with Crippen LogP contribution in [0.3, 0.4) is 0 Å². The van der Waals surface area contributed by atoms with E-state index in [4.69, 9.17) is 4.74 Å². The molecule has 3 nitrogen and oxygen atoms in total. The summed E-state index contributed by atoms with van der Waals surface area (Å²) in [6.45, 7) is 10.8. The highest BCUT2D eigenvalue weighted by Gasteiger charge is 2.15. The minimum atomic E-state index is 0. The van der Waals surface area contributed by atoms with Gasteiger partial charge in [0.05, 0.1) is 0 Å². The normalized spacial score (nSPS) is 19.5. The second-order valence-electron chi connectivity index (χ2n) is 4.83. The van der Waals surface area contributed by atoms with Crippen molar-refractivity contribution in [2.24, 2.45) is 0 Å². The van der Waals surface area contributed by atoms with Gasteiger partial charge in [-0.2, -0.15) is 0 Å². The van der Waals surface area contributed by atoms with Gasteiger partial charge in [0.2, 0.25) is 0 Å². The fraction of sp³-hybridized carbons (Fsp3) is 0.467. The zero-order valence-electron chi connectivity index (χ0n) is 11.5. The third-order valence-electron chi connectivity index (χ3n) is 3.15. The Morgan fingerprint density at radius 1 is 1.42 bits per heavy atom. The Kier molecular flexibility index (Phi) is 6.92. The van der Waals surface area contributed by atoms with Gasteiger partial charge in [-0.05, 0) is 24.6 Å². The molecule has 0 bridgehead atoms. The number of halogens is 1. The fourth-order valence-electron chi connectivity index (χ4n) is 2.26. The lowest BCUT2D eigenvalue weighted by Gasteiger charge is -2.31. The minimum absolute atomic E-state index is 0. The first-order chi connectivity index (χ1) is 8.78. The van der Waals surface area contributed by atoms with Crippen LogP contribution in [-0.2, 0) is 6.54 Å². The number of hydrogen-bond acceptors (Lipinski definition) is 3. The van der Waals surface area contributed by atoms with Gasteiger partial charge in [-0.15, -0.1) is 12.4 Å². The second kappa shape index (κ2) is 8.20. The molecule has 0 spiro atoms. The zero-order chi connectivity index (χ0) is 12.8. The molecule has 0 unspecified atom stereocenters. The summed E-state index contributed by atoms with van der Waals surface area (Å²) < 4.78 is 5.48. The summed E-state index contributed by atoms with van der Waals surface area (Å²) in [7, 11) is 0. The first-order valence-corrected chi connectivity index (χ1v) is 6.56. The standard InChI is InChI=1S/C15H22N2O.ClH/c1-3-10-18-15-6-4-14(5-7-15)12-17-9-8-16-13(2)11-17;/h3-7,13,16H,1,8-12H2,2H3;1H/t13-;/m1./s1. The van der Waals surface area contributed by atoms with E-state index >= 15 is 0 Å². The molecule has 1 fully saturated rings. The summed E-state index contributed by atoms with van der Waals surface area (Å²) in [5.41, 5.74) is 1.34. The van der Waals surface area contributed by atoms with Crippen molar-refractivity contribution in [2.45, 2.75) is 19.5 Å². The van der Waals surface area contributed by atoms with E-state index in [0.29, 0.717) is 12.6 Å². The van der Waals surface area contributed by atoms with Crippen molar-refractivity contribution in [3.8, 4) is 5.75 Å². The van der Waals surface area contributed by atoms with Gasteiger partial charge in [0.1, 0.15) is 12.4 Å². The van der Waals surface area contributed by atoms with Crippen molar-refractivity contribution in [1.82, 2.24) is 10.2 Å². The lowest BCUT2D eigenvalue weighted by molar-refractivity contribution is 0.199. The molecule has 0 saturated carbocycles. The van der Waals surface area contributed by atoms with Crippen molar-refractivity contribution in [3.05, 3.63) is 42.5 Å². The zero-order valence-corrected chi connectivity index (χ0v) is 12.3. The monoisotopic (exact) mass is 282 g/mol. The van der Waals surface area contributed by atoms with Gasteiger partial charge in [-0.1, -0.05) is 24.8 Å². The number of ether oxygens (including phenoxy) is 1. The van der Waals surface area contributed by atoms with Gasteiger partial charge in [0.25, 0.3) is 0 Å². The van der Waals surface area contributed by atoms with E-state index < -0.39 is 0 Å². The molecule has 0 radical (unpaired) electrons. The van der Waals surface area contributed by atoms with Gasteiger partial charge in [-0.25, -0.2) is 0 Å². The first kappa shape index (κ1) is 16.0. The number of nitrogens with zero attached hydrogens (tertiary/aromatic N) is 1. The van der Waals surface area contributed by atoms with Gasteiger partial charge in [0.15, 0.2) is 0 Å². The van der Waals surface area contributed by atoms with E-state index in [2.05, 4.69) is 35.9 Å². The van der Waals surface area contributed by atoms with Crippen LogP contribution in [0.4, 0.5) is 0 Å². The summed E-state index contributed by atoms with van der Waals surface area (Å²) in [6.07, 6.45) is 1.76. The van der Waals surface area contributed by atoms with Crippen LogP contribution in [0.2, 0.25) is 0 Å². The van der Waals surface area contributed by atoms with Crippen LogP contribution in [0.1, 0.15) is 12.5 Å². The molecule has 1 heterocycles. The lowest BCUT2D eigenvalue weighted by atomic mass is 10.1. The van der Waals surface area contributed by atoms with Crippen molar-refractivity contribution >= 4 is 12.4 Å². The van der Waals surface area contributed by atoms with E-state index in [1.54, 1.807) is 6.08 Å². The Bertz CT molecular complexity index is 380. The van der Waals surface area contributed by atoms with Crippen LogP contribution in [0.15, 0.2) is 36.9 Å². The smallest absolute Gasteiger partial charge is 0.119 e. The van der Waals surface area contributed by atoms with Crippen molar-refractivity contribution in [3.63, 3.8) is 0 Å². The maximum Gasteiger partial charge on any atom is 0.119 e. The summed E-state index contributed by atoms with van der Waals surface area (Å²) >= 11 is 0. The molecule has 1 saturated heterocycles. The van der Waals surface area contributed by atoms with Crippen LogP contribution in [0, 0.1) is 0 Å². The highest BCUT2D eigenvalue weighted by Crippen LogP contribution is 2.14. The van der Waals surface area contributed by atoms with Gasteiger partial charge >= 0.3 is 0 Å². The van der Waals surface area contributed by atoms with Crippen LogP contribution >= 0.6 is 12.4 Å². The van der Waals surface area contributed by atoms with Crippen LogP contribution in [0.5, 0.6) is 5.75 Å². The van der Waals surface area contributed by atoms with Crippen LogP contribution < -0.4 is 10.1 Å². The maximum absolute atomic E-state index is 5.48. The highest BCUT2D eigenvalue weighted by molar-refractivity contribution is 5.85. The Morgan fingerprint density at radius 3 is 2.79 bits per heavy atom. The fourth-order valence-corrected chi connectivity index (χ4v) is 2.26. The number of benzene rings is 1. The molecule has 0 amide bonds. The van der Waals surface area contributed by atoms with E-state index in [1.165, 1.54) is 5.56 Å². The Morgan fingerprint density at radius 2 is 2.16 bits per heavy atom. The van der Waals surface area contributed by atoms with Crippen molar-refractivity contribution in [1.29, 1.82) is 0 Å². The predicted molar refractivity (Wildman–Crippen MR) is 82.1 cm³/mol. The lowest BCUT2D eigenvalue weighted by Crippen LogP contribution is -2.48. The molecule has 4 heteroatoms. The molecule has 0 aromatic heterocycles. The SMILES string of the molecule is C=CCOc1ccc(CN2CCN[C@H](C)C2)cc1.Cl. The number of piperazine rings is 1. The first-order valence-electron chi connectivity index (χ1n) is 6.56. The third-order valence-corrected chi connectivity index (χ3v) is 3.15. The summed E-state index contributed by atoms with van der Waals surface area (Å²) in [4.78, 5) is 2.49. The molecule has 2 rings (SSSR count). The summed E-state index contributed by atoms with van der Waals surface area (Å²) in [5.74, 6) is 0.910.